The SMILES string of the molecule is C[C@@H]1[C@@H](C(=O)c2ccccc2)C(c2ccc(F)cc2)=C(c2ccc(F)cc2)[C@H](C)[C@@H]1C(=O)c1ccccc1. The van der Waals surface area contributed by atoms with Crippen LogP contribution in [0, 0.1) is 35.3 Å². The first-order valence-corrected chi connectivity index (χ1v) is 12.8. The van der Waals surface area contributed by atoms with Crippen LogP contribution in [-0.2, 0) is 0 Å². The van der Waals surface area contributed by atoms with Gasteiger partial charge in [0.1, 0.15) is 11.6 Å². The van der Waals surface area contributed by atoms with Crippen molar-refractivity contribution < 1.29 is 18.4 Å². The van der Waals surface area contributed by atoms with Gasteiger partial charge in [0.2, 0.25) is 0 Å². The summed E-state index contributed by atoms with van der Waals surface area (Å²) in [4.78, 5) is 28.2. The van der Waals surface area contributed by atoms with E-state index >= 15 is 0 Å². The number of rotatable bonds is 6. The van der Waals surface area contributed by atoms with Crippen LogP contribution in [0.25, 0.3) is 11.1 Å². The molecule has 0 saturated heterocycles. The van der Waals surface area contributed by atoms with Crippen molar-refractivity contribution in [2.75, 3.05) is 0 Å². The Morgan fingerprint density at radius 2 is 0.974 bits per heavy atom. The van der Waals surface area contributed by atoms with Crippen LogP contribution < -0.4 is 0 Å². The highest BCUT2D eigenvalue weighted by atomic mass is 19.1. The minimum Gasteiger partial charge on any atom is -0.294 e. The summed E-state index contributed by atoms with van der Waals surface area (Å²) in [6, 6.07) is 30.4. The van der Waals surface area contributed by atoms with Crippen molar-refractivity contribution in [1.82, 2.24) is 0 Å². The molecule has 0 fully saturated rings. The molecule has 0 spiro atoms. The van der Waals surface area contributed by atoms with E-state index in [1.807, 2.05) is 50.2 Å². The van der Waals surface area contributed by atoms with E-state index < -0.39 is 11.8 Å². The Morgan fingerprint density at radius 1 is 0.553 bits per heavy atom. The highest BCUT2D eigenvalue weighted by Gasteiger charge is 2.47. The zero-order chi connectivity index (χ0) is 26.8. The molecule has 4 atom stereocenters. The quantitative estimate of drug-likeness (QED) is 0.247. The molecular weight excluding hydrogens is 478 g/mol. The molecule has 0 N–H and O–H groups in total. The summed E-state index contributed by atoms with van der Waals surface area (Å²) in [7, 11) is 0. The van der Waals surface area contributed by atoms with E-state index in [4.69, 9.17) is 0 Å². The summed E-state index contributed by atoms with van der Waals surface area (Å²) in [6.07, 6.45) is 0. The Labute approximate surface area is 221 Å². The topological polar surface area (TPSA) is 34.1 Å². The van der Waals surface area contributed by atoms with E-state index in [2.05, 4.69) is 0 Å². The fraction of sp³-hybridized carbons (Fsp3) is 0.176. The van der Waals surface area contributed by atoms with Gasteiger partial charge in [-0.1, -0.05) is 98.8 Å². The molecule has 4 aromatic rings. The average molecular weight is 507 g/mol. The molecule has 1 aliphatic carbocycles. The lowest BCUT2D eigenvalue weighted by atomic mass is 9.59. The summed E-state index contributed by atoms with van der Waals surface area (Å²) in [5.41, 5.74) is 4.14. The van der Waals surface area contributed by atoms with Gasteiger partial charge in [0, 0.05) is 17.0 Å². The van der Waals surface area contributed by atoms with Crippen molar-refractivity contribution in [1.29, 1.82) is 0 Å². The highest BCUT2D eigenvalue weighted by molar-refractivity contribution is 6.12. The van der Waals surface area contributed by atoms with Crippen LogP contribution in [-0.4, -0.2) is 11.6 Å². The first-order chi connectivity index (χ1) is 18.4. The maximum absolute atomic E-state index is 14.2. The summed E-state index contributed by atoms with van der Waals surface area (Å²) in [6.45, 7) is 3.95. The molecule has 0 unspecified atom stereocenters. The van der Waals surface area contributed by atoms with Crippen LogP contribution in [0.4, 0.5) is 8.78 Å². The van der Waals surface area contributed by atoms with E-state index in [1.54, 1.807) is 48.5 Å². The predicted octanol–water partition coefficient (Wildman–Crippen LogP) is 8.16. The third kappa shape index (κ3) is 4.74. The van der Waals surface area contributed by atoms with Crippen LogP contribution in [0.5, 0.6) is 0 Å². The Balaban J connectivity index is 1.79. The fourth-order valence-corrected chi connectivity index (χ4v) is 5.94. The second kappa shape index (κ2) is 10.7. The van der Waals surface area contributed by atoms with E-state index in [-0.39, 0.29) is 35.0 Å². The molecular formula is C34H28F2O2. The number of benzene rings is 4. The van der Waals surface area contributed by atoms with Gasteiger partial charge in [-0.15, -0.1) is 0 Å². The molecule has 0 radical (unpaired) electrons. The Morgan fingerprint density at radius 3 is 1.45 bits per heavy atom. The summed E-state index contributed by atoms with van der Waals surface area (Å²) in [5.74, 6) is -2.70. The lowest BCUT2D eigenvalue weighted by Gasteiger charge is -2.42. The van der Waals surface area contributed by atoms with Crippen molar-refractivity contribution in [3.8, 4) is 0 Å². The van der Waals surface area contributed by atoms with Crippen molar-refractivity contribution in [3.05, 3.63) is 143 Å². The lowest BCUT2D eigenvalue weighted by Crippen LogP contribution is -2.41. The number of hydrogen-bond donors (Lipinski definition) is 0. The number of allylic oxidation sites excluding steroid dienone is 2. The number of carbonyl (C=O) groups is 2. The number of carbonyl (C=O) groups excluding carboxylic acids is 2. The van der Waals surface area contributed by atoms with Gasteiger partial charge >= 0.3 is 0 Å². The van der Waals surface area contributed by atoms with Gasteiger partial charge in [-0.25, -0.2) is 8.78 Å². The number of Topliss-reactive ketones (excluding diaryl/α,β-unsaturated/α-hetero) is 2. The third-order valence-electron chi connectivity index (χ3n) is 7.70. The van der Waals surface area contributed by atoms with E-state index in [0.29, 0.717) is 16.7 Å². The molecule has 5 rings (SSSR count). The van der Waals surface area contributed by atoms with Crippen LogP contribution in [0.2, 0.25) is 0 Å². The van der Waals surface area contributed by atoms with Crippen molar-refractivity contribution in [2.45, 2.75) is 13.8 Å². The van der Waals surface area contributed by atoms with Gasteiger partial charge < -0.3 is 0 Å². The molecule has 190 valence electrons. The third-order valence-corrected chi connectivity index (χ3v) is 7.70. The lowest BCUT2D eigenvalue weighted by molar-refractivity contribution is 0.0763. The molecule has 4 aromatic carbocycles. The largest absolute Gasteiger partial charge is 0.294 e. The zero-order valence-electron chi connectivity index (χ0n) is 21.3. The molecule has 2 nitrogen and oxygen atoms in total. The first kappa shape index (κ1) is 25.5. The summed E-state index contributed by atoms with van der Waals surface area (Å²) < 4.78 is 27.9. The fourth-order valence-electron chi connectivity index (χ4n) is 5.94. The molecule has 0 heterocycles. The minimum atomic E-state index is -0.670. The number of ketones is 2. The molecule has 38 heavy (non-hydrogen) atoms. The molecule has 1 aliphatic rings. The van der Waals surface area contributed by atoms with Crippen molar-refractivity contribution in [3.63, 3.8) is 0 Å². The first-order valence-electron chi connectivity index (χ1n) is 12.8. The van der Waals surface area contributed by atoms with E-state index in [0.717, 1.165) is 16.7 Å². The predicted molar refractivity (Wildman–Crippen MR) is 146 cm³/mol. The average Bonchev–Trinajstić information content (AvgIpc) is 2.94. The van der Waals surface area contributed by atoms with E-state index in [1.165, 1.54) is 24.3 Å². The maximum Gasteiger partial charge on any atom is 0.170 e. The minimum absolute atomic E-state index is 0.0331. The molecule has 0 bridgehead atoms. The van der Waals surface area contributed by atoms with Crippen LogP contribution in [0.15, 0.2) is 109 Å². The van der Waals surface area contributed by atoms with Gasteiger partial charge in [0.05, 0.1) is 5.92 Å². The highest BCUT2D eigenvalue weighted by Crippen LogP contribution is 2.52. The Hall–Kier alpha value is -4.18. The second-order valence-corrected chi connectivity index (χ2v) is 9.95. The van der Waals surface area contributed by atoms with Crippen molar-refractivity contribution >= 4 is 22.7 Å². The standard InChI is InChI=1S/C34H28F2O2/c1-21-29(33(37)25-9-5-3-6-10-25)22(2)31(34(38)26-11-7-4-8-12-26)32(24-15-19-28(36)20-16-24)30(21)23-13-17-27(35)18-14-23/h3-22,29,31H,1-2H3/t21-,22+,29+,31-/m1/s1. The maximum atomic E-state index is 14.2. The smallest absolute Gasteiger partial charge is 0.170 e. The normalized spacial score (nSPS) is 21.3. The molecule has 0 aromatic heterocycles. The number of halogens is 2. The Bertz CT molecular complexity index is 1470. The van der Waals surface area contributed by atoms with Gasteiger partial charge in [-0.3, -0.25) is 9.59 Å². The number of hydrogen-bond acceptors (Lipinski definition) is 2. The molecule has 0 amide bonds. The van der Waals surface area contributed by atoms with Crippen molar-refractivity contribution in [2.24, 2.45) is 23.7 Å². The monoisotopic (exact) mass is 506 g/mol. The van der Waals surface area contributed by atoms with Gasteiger partial charge in [0.15, 0.2) is 11.6 Å². The summed E-state index contributed by atoms with van der Waals surface area (Å²) >= 11 is 0. The van der Waals surface area contributed by atoms with Crippen LogP contribution in [0.1, 0.15) is 45.7 Å². The van der Waals surface area contributed by atoms with Gasteiger partial charge in [-0.05, 0) is 58.4 Å². The van der Waals surface area contributed by atoms with Crippen LogP contribution >= 0.6 is 0 Å². The van der Waals surface area contributed by atoms with Gasteiger partial charge in [-0.2, -0.15) is 0 Å². The molecule has 0 aliphatic heterocycles. The van der Waals surface area contributed by atoms with Crippen LogP contribution in [0.3, 0.4) is 0 Å². The summed E-state index contributed by atoms with van der Waals surface area (Å²) in [5, 5.41) is 0. The van der Waals surface area contributed by atoms with E-state index in [9.17, 15) is 18.4 Å². The second-order valence-electron chi connectivity index (χ2n) is 9.95. The van der Waals surface area contributed by atoms with Gasteiger partial charge in [0.25, 0.3) is 0 Å². The zero-order valence-corrected chi connectivity index (χ0v) is 21.3. The molecule has 4 heteroatoms. The molecule has 0 saturated carbocycles. The Kier molecular flexibility index (Phi) is 7.15.